The predicted molar refractivity (Wildman–Crippen MR) is 117 cm³/mol. The van der Waals surface area contributed by atoms with Crippen LogP contribution in [0.15, 0.2) is 53.7 Å². The molecule has 2 aromatic heterocycles. The summed E-state index contributed by atoms with van der Waals surface area (Å²) in [6.07, 6.45) is 3.56. The zero-order valence-electron chi connectivity index (χ0n) is 17.0. The van der Waals surface area contributed by atoms with Crippen LogP contribution in [0.25, 0.3) is 11.0 Å². The molecular formula is C22H21N5O4S. The van der Waals surface area contributed by atoms with Crippen molar-refractivity contribution in [1.29, 1.82) is 5.26 Å². The molecule has 1 aliphatic carbocycles. The standard InChI is InChI=1S/C22H21N5O4S/c23-10-16-11-24-21-19(6-7-27(21)32(30,31)18-4-2-1-3-5-18)20(16)25-17-8-14-12-26(22(28)29)13-15(14)9-17/h1-7,11,14-15,17H,8-9,12-13H2,(H,24,25)(H,28,29)/t14-,15+,17+. The number of anilines is 1. The molecule has 5 rings (SSSR count). The molecule has 3 atom stereocenters. The Balaban J connectivity index is 1.47. The highest BCUT2D eigenvalue weighted by molar-refractivity contribution is 7.90. The molecular weight excluding hydrogens is 430 g/mol. The monoisotopic (exact) mass is 451 g/mol. The number of likely N-dealkylation sites (tertiary alicyclic amines) is 1. The van der Waals surface area contributed by atoms with Crippen LogP contribution in [0.5, 0.6) is 0 Å². The lowest BCUT2D eigenvalue weighted by atomic mass is 10.0. The van der Waals surface area contributed by atoms with Crippen molar-refractivity contribution in [2.75, 3.05) is 18.4 Å². The number of hydrogen-bond acceptors (Lipinski definition) is 6. The van der Waals surface area contributed by atoms with E-state index in [0.717, 1.165) is 16.8 Å². The molecule has 0 unspecified atom stereocenters. The summed E-state index contributed by atoms with van der Waals surface area (Å²) in [5.41, 5.74) is 1.17. The van der Waals surface area contributed by atoms with Crippen molar-refractivity contribution in [2.24, 2.45) is 11.8 Å². The average molecular weight is 452 g/mol. The molecule has 2 aliphatic rings. The van der Waals surface area contributed by atoms with Crippen molar-refractivity contribution < 1.29 is 18.3 Å². The minimum atomic E-state index is -3.83. The number of fused-ring (bicyclic) bond motifs is 2. The SMILES string of the molecule is N#Cc1cnc2c(ccn2S(=O)(=O)c2ccccc2)c1N[C@H]1C[C@@H]2CN(C(=O)O)C[C@@H]2C1. The fourth-order valence-electron chi connectivity index (χ4n) is 4.98. The molecule has 0 spiro atoms. The highest BCUT2D eigenvalue weighted by Gasteiger charge is 2.42. The summed E-state index contributed by atoms with van der Waals surface area (Å²) in [7, 11) is -3.83. The summed E-state index contributed by atoms with van der Waals surface area (Å²) < 4.78 is 27.4. The van der Waals surface area contributed by atoms with Gasteiger partial charge in [0.05, 0.1) is 16.1 Å². The second-order valence-electron chi connectivity index (χ2n) is 8.35. The van der Waals surface area contributed by atoms with Crippen LogP contribution >= 0.6 is 0 Å². The van der Waals surface area contributed by atoms with E-state index in [1.165, 1.54) is 29.4 Å². The Bertz CT molecular complexity index is 1330. The number of carboxylic acid groups (broad SMARTS) is 1. The van der Waals surface area contributed by atoms with Crippen LogP contribution in [-0.4, -0.2) is 52.6 Å². The first kappa shape index (κ1) is 20.3. The Morgan fingerprint density at radius 3 is 2.47 bits per heavy atom. The summed E-state index contributed by atoms with van der Waals surface area (Å²) in [6.45, 7) is 1.06. The van der Waals surface area contributed by atoms with Crippen molar-refractivity contribution in [2.45, 2.75) is 23.8 Å². The minimum absolute atomic E-state index is 0.0766. The Morgan fingerprint density at radius 1 is 1.16 bits per heavy atom. The molecule has 3 aromatic rings. The van der Waals surface area contributed by atoms with Crippen LogP contribution < -0.4 is 5.32 Å². The van der Waals surface area contributed by atoms with E-state index in [4.69, 9.17) is 0 Å². The van der Waals surface area contributed by atoms with E-state index in [-0.39, 0.29) is 28.4 Å². The van der Waals surface area contributed by atoms with Crippen molar-refractivity contribution in [3.8, 4) is 6.07 Å². The maximum absolute atomic E-state index is 13.1. The van der Waals surface area contributed by atoms with E-state index in [1.807, 2.05) is 0 Å². The first-order valence-corrected chi connectivity index (χ1v) is 11.8. The maximum atomic E-state index is 13.1. The van der Waals surface area contributed by atoms with Crippen molar-refractivity contribution in [3.05, 3.63) is 54.4 Å². The Labute approximate surface area is 185 Å². The van der Waals surface area contributed by atoms with Gasteiger partial charge in [0, 0.05) is 36.9 Å². The van der Waals surface area contributed by atoms with Gasteiger partial charge in [-0.25, -0.2) is 22.2 Å². The third-order valence-corrected chi connectivity index (χ3v) is 8.15. The van der Waals surface area contributed by atoms with Crippen molar-refractivity contribution in [3.63, 3.8) is 0 Å². The van der Waals surface area contributed by atoms with Gasteiger partial charge < -0.3 is 15.3 Å². The lowest BCUT2D eigenvalue weighted by Crippen LogP contribution is -2.29. The molecule has 164 valence electrons. The van der Waals surface area contributed by atoms with Crippen LogP contribution in [-0.2, 0) is 10.0 Å². The van der Waals surface area contributed by atoms with Crippen LogP contribution in [0.3, 0.4) is 0 Å². The fraction of sp³-hybridized carbons (Fsp3) is 0.318. The van der Waals surface area contributed by atoms with E-state index in [0.29, 0.717) is 29.7 Å². The smallest absolute Gasteiger partial charge is 0.407 e. The zero-order chi connectivity index (χ0) is 22.5. The van der Waals surface area contributed by atoms with Gasteiger partial charge in [-0.2, -0.15) is 5.26 Å². The number of aromatic nitrogens is 2. The number of hydrogen-bond donors (Lipinski definition) is 2. The lowest BCUT2D eigenvalue weighted by molar-refractivity contribution is 0.152. The molecule has 2 N–H and O–H groups in total. The summed E-state index contributed by atoms with van der Waals surface area (Å²) in [4.78, 5) is 17.1. The second-order valence-corrected chi connectivity index (χ2v) is 10.2. The van der Waals surface area contributed by atoms with Crippen LogP contribution in [0, 0.1) is 23.2 Å². The van der Waals surface area contributed by atoms with Gasteiger partial charge in [0.1, 0.15) is 6.07 Å². The number of nitriles is 1. The molecule has 9 nitrogen and oxygen atoms in total. The molecule has 1 saturated carbocycles. The van der Waals surface area contributed by atoms with Crippen molar-refractivity contribution >= 4 is 32.8 Å². The summed E-state index contributed by atoms with van der Waals surface area (Å²) in [5.74, 6) is 0.573. The van der Waals surface area contributed by atoms with Crippen LogP contribution in [0.2, 0.25) is 0 Å². The van der Waals surface area contributed by atoms with Crippen LogP contribution in [0.1, 0.15) is 18.4 Å². The number of carbonyl (C=O) groups is 1. The first-order valence-electron chi connectivity index (χ1n) is 10.3. The van der Waals surface area contributed by atoms with Gasteiger partial charge in [-0.05, 0) is 42.9 Å². The Kier molecular flexibility index (Phi) is 4.78. The highest BCUT2D eigenvalue weighted by atomic mass is 32.2. The number of benzene rings is 1. The third kappa shape index (κ3) is 3.26. The summed E-state index contributed by atoms with van der Waals surface area (Å²) in [5, 5.41) is 22.9. The van der Waals surface area contributed by atoms with Crippen LogP contribution in [0.4, 0.5) is 10.5 Å². The first-order chi connectivity index (χ1) is 15.4. The number of amides is 1. The molecule has 1 aliphatic heterocycles. The normalized spacial score (nSPS) is 22.6. The van der Waals surface area contributed by atoms with Gasteiger partial charge in [0.2, 0.25) is 0 Å². The summed E-state index contributed by atoms with van der Waals surface area (Å²) >= 11 is 0. The minimum Gasteiger partial charge on any atom is -0.465 e. The van der Waals surface area contributed by atoms with Gasteiger partial charge in [0.25, 0.3) is 10.0 Å². The highest BCUT2D eigenvalue weighted by Crippen LogP contribution is 2.40. The molecule has 1 aromatic carbocycles. The Hall–Kier alpha value is -3.58. The largest absolute Gasteiger partial charge is 0.465 e. The van der Waals surface area contributed by atoms with Crippen molar-refractivity contribution in [1.82, 2.24) is 13.9 Å². The van der Waals surface area contributed by atoms with Gasteiger partial charge in [-0.3, -0.25) is 0 Å². The van der Waals surface area contributed by atoms with Gasteiger partial charge in [0.15, 0.2) is 5.65 Å². The van der Waals surface area contributed by atoms with E-state index < -0.39 is 16.1 Å². The number of rotatable bonds is 4. The third-order valence-electron chi connectivity index (χ3n) is 6.47. The van der Waals surface area contributed by atoms with Gasteiger partial charge >= 0.3 is 6.09 Å². The number of pyridine rings is 1. The molecule has 1 amide bonds. The molecule has 1 saturated heterocycles. The van der Waals surface area contributed by atoms with E-state index >= 15 is 0 Å². The quantitative estimate of drug-likeness (QED) is 0.624. The predicted octanol–water partition coefficient (Wildman–Crippen LogP) is 2.95. The lowest BCUT2D eigenvalue weighted by Gasteiger charge is -2.19. The van der Waals surface area contributed by atoms with E-state index in [9.17, 15) is 23.6 Å². The molecule has 32 heavy (non-hydrogen) atoms. The maximum Gasteiger partial charge on any atom is 0.407 e. The zero-order valence-corrected chi connectivity index (χ0v) is 17.9. The average Bonchev–Trinajstić information content (AvgIpc) is 3.48. The topological polar surface area (TPSA) is 128 Å². The summed E-state index contributed by atoms with van der Waals surface area (Å²) in [6, 6.07) is 12.0. The van der Waals surface area contributed by atoms with Gasteiger partial charge in [-0.1, -0.05) is 18.2 Å². The second kappa shape index (κ2) is 7.53. The Morgan fingerprint density at radius 2 is 1.84 bits per heavy atom. The van der Waals surface area contributed by atoms with E-state index in [1.54, 1.807) is 24.3 Å². The fourth-order valence-corrected chi connectivity index (χ4v) is 6.30. The molecule has 2 fully saturated rings. The molecule has 10 heteroatoms. The molecule has 3 heterocycles. The molecule has 0 radical (unpaired) electrons. The van der Waals surface area contributed by atoms with E-state index in [2.05, 4.69) is 16.4 Å². The van der Waals surface area contributed by atoms with Gasteiger partial charge in [-0.15, -0.1) is 0 Å². The molecule has 0 bridgehead atoms. The number of nitrogens with one attached hydrogen (secondary N) is 1. The number of nitrogens with zero attached hydrogens (tertiary/aromatic N) is 4.